The van der Waals surface area contributed by atoms with Crippen LogP contribution in [0.5, 0.6) is 5.75 Å². The number of hydrogen-bond acceptors (Lipinski definition) is 2. The third-order valence-corrected chi connectivity index (χ3v) is 3.98. The van der Waals surface area contributed by atoms with E-state index in [1.165, 1.54) is 11.1 Å². The van der Waals surface area contributed by atoms with Gasteiger partial charge in [0.1, 0.15) is 5.75 Å². The van der Waals surface area contributed by atoms with Gasteiger partial charge in [0.25, 0.3) is 0 Å². The quantitative estimate of drug-likeness (QED) is 0.771. The minimum Gasteiger partial charge on any atom is -0.494 e. The number of aryl methyl sites for hydroxylation is 2. The molecule has 0 atom stereocenters. The summed E-state index contributed by atoms with van der Waals surface area (Å²) in [5, 5.41) is 8.65. The normalized spacial score (nSPS) is 10.6. The van der Waals surface area contributed by atoms with Crippen molar-refractivity contribution in [1.29, 1.82) is 0 Å². The highest BCUT2D eigenvalue weighted by molar-refractivity contribution is 9.10. The van der Waals surface area contributed by atoms with Gasteiger partial charge in [-0.2, -0.15) is 0 Å². The van der Waals surface area contributed by atoms with Gasteiger partial charge in [-0.3, -0.25) is 0 Å². The molecule has 0 unspecified atom stereocenters. The fraction of sp³-hybridized carbons (Fsp3) is 0.571. The van der Waals surface area contributed by atoms with Gasteiger partial charge in [-0.15, -0.1) is 0 Å². The second kappa shape index (κ2) is 7.72. The summed E-state index contributed by atoms with van der Waals surface area (Å²) in [5.41, 5.74) is 2.42. The summed E-state index contributed by atoms with van der Waals surface area (Å²) < 4.78 is 6.88. The molecule has 1 N–H and O–H groups in total. The van der Waals surface area contributed by atoms with Crippen molar-refractivity contribution in [2.45, 2.75) is 39.5 Å². The van der Waals surface area contributed by atoms with E-state index in [0.717, 1.165) is 42.5 Å². The highest BCUT2D eigenvalue weighted by Gasteiger charge is 2.02. The Kier molecular flexibility index (Phi) is 6.60. The van der Waals surface area contributed by atoms with Crippen LogP contribution in [0.15, 0.2) is 16.6 Å². The lowest BCUT2D eigenvalue weighted by molar-refractivity contribution is 0.273. The molecule has 0 aliphatic carbocycles. The maximum absolute atomic E-state index is 8.65. The molecule has 0 spiro atoms. The molecule has 1 aromatic carbocycles. The average molecular weight is 301 g/mol. The van der Waals surface area contributed by atoms with E-state index in [2.05, 4.69) is 41.9 Å². The second-order valence-electron chi connectivity index (χ2n) is 4.36. The number of benzene rings is 1. The van der Waals surface area contributed by atoms with E-state index < -0.39 is 0 Å². The molecule has 0 amide bonds. The molecule has 3 heteroatoms. The smallest absolute Gasteiger partial charge is 0.119 e. The standard InChI is InChI=1S/C14H21BrO2/c1-11-9-13(10-12(2)14(11)15)17-8-6-4-3-5-7-16/h9-10,16H,3-8H2,1-2H3. The van der Waals surface area contributed by atoms with Crippen molar-refractivity contribution in [1.82, 2.24) is 0 Å². The van der Waals surface area contributed by atoms with Crippen LogP contribution in [0, 0.1) is 13.8 Å². The van der Waals surface area contributed by atoms with Crippen molar-refractivity contribution in [2.24, 2.45) is 0 Å². The molecule has 1 rings (SSSR count). The summed E-state index contributed by atoms with van der Waals surface area (Å²) in [7, 11) is 0. The Morgan fingerprint density at radius 2 is 1.65 bits per heavy atom. The van der Waals surface area contributed by atoms with Crippen molar-refractivity contribution < 1.29 is 9.84 Å². The molecular formula is C14H21BrO2. The fourth-order valence-electron chi connectivity index (χ4n) is 1.75. The molecule has 0 bridgehead atoms. The number of rotatable bonds is 7. The predicted molar refractivity (Wildman–Crippen MR) is 74.7 cm³/mol. The average Bonchev–Trinajstić information content (AvgIpc) is 2.30. The van der Waals surface area contributed by atoms with E-state index >= 15 is 0 Å². The molecule has 0 saturated heterocycles. The van der Waals surface area contributed by atoms with Crippen molar-refractivity contribution in [2.75, 3.05) is 13.2 Å². The number of halogens is 1. The number of aliphatic hydroxyl groups is 1. The third kappa shape index (κ3) is 5.09. The Hall–Kier alpha value is -0.540. The fourth-order valence-corrected chi connectivity index (χ4v) is 1.98. The van der Waals surface area contributed by atoms with Crippen LogP contribution in [0.1, 0.15) is 36.8 Å². The number of hydrogen-bond donors (Lipinski definition) is 1. The van der Waals surface area contributed by atoms with Crippen molar-refractivity contribution in [3.63, 3.8) is 0 Å². The molecular weight excluding hydrogens is 280 g/mol. The van der Waals surface area contributed by atoms with Gasteiger partial charge in [-0.25, -0.2) is 0 Å². The summed E-state index contributed by atoms with van der Waals surface area (Å²) in [6, 6.07) is 4.12. The molecule has 96 valence electrons. The van der Waals surface area contributed by atoms with E-state index in [4.69, 9.17) is 9.84 Å². The molecule has 0 radical (unpaired) electrons. The van der Waals surface area contributed by atoms with Gasteiger partial charge in [-0.05, 0) is 56.4 Å². The lowest BCUT2D eigenvalue weighted by Crippen LogP contribution is -1.98. The van der Waals surface area contributed by atoms with Crippen molar-refractivity contribution in [3.8, 4) is 5.75 Å². The first-order valence-corrected chi connectivity index (χ1v) is 6.95. The van der Waals surface area contributed by atoms with E-state index in [1.807, 2.05) is 0 Å². The lowest BCUT2D eigenvalue weighted by atomic mass is 10.1. The van der Waals surface area contributed by atoms with E-state index in [0.29, 0.717) is 6.61 Å². The minimum atomic E-state index is 0.298. The first kappa shape index (κ1) is 14.5. The zero-order valence-electron chi connectivity index (χ0n) is 10.6. The Balaban J connectivity index is 2.32. The first-order chi connectivity index (χ1) is 8.15. The Labute approximate surface area is 112 Å². The van der Waals surface area contributed by atoms with Crippen molar-refractivity contribution >= 4 is 15.9 Å². The highest BCUT2D eigenvalue weighted by Crippen LogP contribution is 2.26. The SMILES string of the molecule is Cc1cc(OCCCCCCO)cc(C)c1Br. The van der Waals surface area contributed by atoms with Crippen LogP contribution >= 0.6 is 15.9 Å². The van der Waals surface area contributed by atoms with Crippen LogP contribution in [0.25, 0.3) is 0 Å². The van der Waals surface area contributed by atoms with E-state index in [9.17, 15) is 0 Å². The maximum atomic E-state index is 8.65. The summed E-state index contributed by atoms with van der Waals surface area (Å²) in [4.78, 5) is 0. The Bertz CT molecular complexity index is 327. The zero-order valence-corrected chi connectivity index (χ0v) is 12.2. The summed E-state index contributed by atoms with van der Waals surface area (Å²) >= 11 is 3.54. The molecule has 0 saturated carbocycles. The van der Waals surface area contributed by atoms with Gasteiger partial charge >= 0.3 is 0 Å². The molecule has 0 aliphatic heterocycles. The second-order valence-corrected chi connectivity index (χ2v) is 5.15. The van der Waals surface area contributed by atoms with Crippen molar-refractivity contribution in [3.05, 3.63) is 27.7 Å². The highest BCUT2D eigenvalue weighted by atomic mass is 79.9. The predicted octanol–water partition coefficient (Wildman–Crippen LogP) is 4.00. The van der Waals surface area contributed by atoms with Crippen LogP contribution in [-0.4, -0.2) is 18.3 Å². The molecule has 0 fully saturated rings. The van der Waals surface area contributed by atoms with Gasteiger partial charge in [0.05, 0.1) is 6.61 Å². The van der Waals surface area contributed by atoms with Gasteiger partial charge < -0.3 is 9.84 Å². The number of unbranched alkanes of at least 4 members (excludes halogenated alkanes) is 3. The lowest BCUT2D eigenvalue weighted by Gasteiger charge is -2.10. The maximum Gasteiger partial charge on any atom is 0.119 e. The molecule has 2 nitrogen and oxygen atoms in total. The van der Waals surface area contributed by atoms with Crippen LogP contribution in [0.2, 0.25) is 0 Å². The summed E-state index contributed by atoms with van der Waals surface area (Å²) in [5.74, 6) is 0.949. The van der Waals surface area contributed by atoms with E-state index in [1.54, 1.807) is 0 Å². The molecule has 0 heterocycles. The number of aliphatic hydroxyl groups excluding tert-OH is 1. The molecule has 0 aliphatic rings. The topological polar surface area (TPSA) is 29.5 Å². The van der Waals surface area contributed by atoms with Crippen LogP contribution in [0.3, 0.4) is 0 Å². The summed E-state index contributed by atoms with van der Waals surface area (Å²) in [6.07, 6.45) is 4.15. The van der Waals surface area contributed by atoms with Crippen LogP contribution < -0.4 is 4.74 Å². The number of ether oxygens (including phenoxy) is 1. The molecule has 17 heavy (non-hydrogen) atoms. The summed E-state index contributed by atoms with van der Waals surface area (Å²) in [6.45, 7) is 5.20. The minimum absolute atomic E-state index is 0.298. The third-order valence-electron chi connectivity index (χ3n) is 2.73. The Morgan fingerprint density at radius 1 is 1.06 bits per heavy atom. The van der Waals surface area contributed by atoms with Crippen LogP contribution in [0.4, 0.5) is 0 Å². The first-order valence-electron chi connectivity index (χ1n) is 6.15. The Morgan fingerprint density at radius 3 is 2.24 bits per heavy atom. The van der Waals surface area contributed by atoms with Gasteiger partial charge in [0.15, 0.2) is 0 Å². The molecule has 1 aromatic rings. The molecule has 0 aromatic heterocycles. The van der Waals surface area contributed by atoms with Gasteiger partial charge in [0.2, 0.25) is 0 Å². The van der Waals surface area contributed by atoms with Crippen LogP contribution in [-0.2, 0) is 0 Å². The van der Waals surface area contributed by atoms with Gasteiger partial charge in [0, 0.05) is 11.1 Å². The largest absolute Gasteiger partial charge is 0.494 e. The van der Waals surface area contributed by atoms with E-state index in [-0.39, 0.29) is 0 Å². The zero-order chi connectivity index (χ0) is 12.7. The monoisotopic (exact) mass is 300 g/mol. The van der Waals surface area contributed by atoms with Gasteiger partial charge in [-0.1, -0.05) is 22.4 Å².